The Morgan fingerprint density at radius 1 is 1.23 bits per heavy atom. The van der Waals surface area contributed by atoms with E-state index in [0.717, 1.165) is 28.0 Å². The molecule has 22 heavy (non-hydrogen) atoms. The number of H-pyrrole nitrogens is 1. The summed E-state index contributed by atoms with van der Waals surface area (Å²) < 4.78 is 5.36. The van der Waals surface area contributed by atoms with E-state index in [4.69, 9.17) is 4.74 Å². The van der Waals surface area contributed by atoms with Gasteiger partial charge in [-0.15, -0.1) is 11.3 Å². The molecule has 2 heterocycles. The van der Waals surface area contributed by atoms with Crippen molar-refractivity contribution in [2.24, 2.45) is 0 Å². The van der Waals surface area contributed by atoms with Gasteiger partial charge in [-0.1, -0.05) is 30.0 Å². The molecule has 0 amide bonds. The minimum atomic E-state index is 0.666. The molecule has 0 unspecified atom stereocenters. The topological polar surface area (TPSA) is 50.8 Å². The zero-order chi connectivity index (χ0) is 15.4. The fourth-order valence-corrected chi connectivity index (χ4v) is 3.90. The highest BCUT2D eigenvalue weighted by Crippen LogP contribution is 2.25. The smallest absolute Gasteiger partial charge is 0.184 e. The minimum absolute atomic E-state index is 0.666. The van der Waals surface area contributed by atoms with E-state index in [1.54, 1.807) is 18.9 Å². The summed E-state index contributed by atoms with van der Waals surface area (Å²) in [5.74, 6) is 2.58. The molecular weight excluding hydrogens is 314 g/mol. The van der Waals surface area contributed by atoms with Gasteiger partial charge < -0.3 is 4.74 Å². The maximum absolute atomic E-state index is 5.36. The van der Waals surface area contributed by atoms with Gasteiger partial charge >= 0.3 is 0 Å². The monoisotopic (exact) mass is 331 g/mol. The van der Waals surface area contributed by atoms with Crippen LogP contribution < -0.4 is 4.74 Å². The molecule has 0 radical (unpaired) electrons. The third-order valence-electron chi connectivity index (χ3n) is 3.20. The summed E-state index contributed by atoms with van der Waals surface area (Å²) in [6.45, 7) is 2.12. The first-order chi connectivity index (χ1) is 10.7. The van der Waals surface area contributed by atoms with Crippen LogP contribution in [0.4, 0.5) is 0 Å². The van der Waals surface area contributed by atoms with Crippen molar-refractivity contribution in [1.82, 2.24) is 15.2 Å². The number of thioether (sulfide) groups is 1. The van der Waals surface area contributed by atoms with Gasteiger partial charge in [-0.05, 0) is 25.1 Å². The number of hydrogen-bond acceptors (Lipinski definition) is 5. The van der Waals surface area contributed by atoms with Crippen molar-refractivity contribution < 1.29 is 4.74 Å². The molecule has 2 aromatic heterocycles. The normalized spacial score (nSPS) is 10.8. The highest BCUT2D eigenvalue weighted by atomic mass is 32.2. The van der Waals surface area contributed by atoms with Gasteiger partial charge in [0.1, 0.15) is 5.75 Å². The number of aromatic amines is 1. The lowest BCUT2D eigenvalue weighted by Gasteiger charge is -2.05. The molecule has 0 fully saturated rings. The summed E-state index contributed by atoms with van der Waals surface area (Å²) in [5, 5.41) is 8.16. The Kier molecular flexibility index (Phi) is 4.80. The number of hydrogen-bond donors (Lipinski definition) is 1. The van der Waals surface area contributed by atoms with Crippen LogP contribution >= 0.6 is 23.1 Å². The molecule has 0 aliphatic heterocycles. The molecule has 6 heteroatoms. The maximum atomic E-state index is 5.36. The molecule has 3 aromatic rings. The van der Waals surface area contributed by atoms with Crippen molar-refractivity contribution in [3.8, 4) is 5.75 Å². The molecule has 1 N–H and O–H groups in total. The van der Waals surface area contributed by atoms with Crippen LogP contribution in [0.2, 0.25) is 0 Å². The second kappa shape index (κ2) is 6.98. The first-order valence-corrected chi connectivity index (χ1v) is 8.76. The van der Waals surface area contributed by atoms with Crippen LogP contribution in [0.15, 0.2) is 41.6 Å². The Labute approximate surface area is 137 Å². The Morgan fingerprint density at radius 2 is 2.09 bits per heavy atom. The Hall–Kier alpha value is -1.79. The Bertz CT molecular complexity index is 751. The number of rotatable bonds is 6. The molecule has 0 aliphatic rings. The van der Waals surface area contributed by atoms with Crippen LogP contribution in [-0.4, -0.2) is 22.3 Å². The molecule has 0 saturated heterocycles. The van der Waals surface area contributed by atoms with Crippen LogP contribution in [0.1, 0.15) is 21.1 Å². The molecule has 4 nitrogen and oxygen atoms in total. The second-order valence-corrected chi connectivity index (χ2v) is 7.18. The van der Waals surface area contributed by atoms with Crippen molar-refractivity contribution in [2.75, 3.05) is 7.11 Å². The maximum Gasteiger partial charge on any atom is 0.184 e. The average Bonchev–Trinajstić information content (AvgIpc) is 3.15. The quantitative estimate of drug-likeness (QED) is 0.692. The number of para-hydroxylation sites is 1. The van der Waals surface area contributed by atoms with Crippen LogP contribution in [0, 0.1) is 6.92 Å². The fraction of sp³-hybridized carbons (Fsp3) is 0.250. The number of nitrogens with one attached hydrogen (secondary N) is 1. The zero-order valence-corrected chi connectivity index (χ0v) is 14.1. The van der Waals surface area contributed by atoms with Gasteiger partial charge in [-0.25, -0.2) is 4.98 Å². The fourth-order valence-electron chi connectivity index (χ4n) is 2.14. The summed E-state index contributed by atoms with van der Waals surface area (Å²) >= 11 is 3.50. The first kappa shape index (κ1) is 15.1. The molecule has 1 aromatic carbocycles. The number of aryl methyl sites for hydroxylation is 1. The SMILES string of the molecule is COc1ccccc1Cc1n[nH]c(SCc2ccc(C)s2)n1. The van der Waals surface area contributed by atoms with E-state index in [9.17, 15) is 0 Å². The molecule has 0 saturated carbocycles. The predicted molar refractivity (Wildman–Crippen MR) is 90.8 cm³/mol. The van der Waals surface area contributed by atoms with E-state index in [2.05, 4.69) is 34.2 Å². The second-order valence-electron chi connectivity index (χ2n) is 4.85. The van der Waals surface area contributed by atoms with E-state index < -0.39 is 0 Å². The van der Waals surface area contributed by atoms with Crippen LogP contribution in [-0.2, 0) is 12.2 Å². The van der Waals surface area contributed by atoms with Gasteiger partial charge in [0.15, 0.2) is 11.0 Å². The molecule has 3 rings (SSSR count). The third-order valence-corrected chi connectivity index (χ3v) is 5.29. The number of benzene rings is 1. The molecule has 0 bridgehead atoms. The van der Waals surface area contributed by atoms with Gasteiger partial charge in [-0.2, -0.15) is 5.10 Å². The van der Waals surface area contributed by atoms with Crippen LogP contribution in [0.3, 0.4) is 0 Å². The zero-order valence-electron chi connectivity index (χ0n) is 12.5. The van der Waals surface area contributed by atoms with Crippen LogP contribution in [0.5, 0.6) is 5.75 Å². The molecular formula is C16H17N3OS2. The predicted octanol–water partition coefficient (Wildman–Crippen LogP) is 4.07. The Balaban J connectivity index is 1.63. The van der Waals surface area contributed by atoms with Crippen molar-refractivity contribution in [3.63, 3.8) is 0 Å². The number of nitrogens with zero attached hydrogens (tertiary/aromatic N) is 2. The summed E-state index contributed by atoms with van der Waals surface area (Å²) in [5.41, 5.74) is 1.09. The van der Waals surface area contributed by atoms with E-state index in [1.807, 2.05) is 35.6 Å². The van der Waals surface area contributed by atoms with Gasteiger partial charge in [0, 0.05) is 27.5 Å². The molecule has 0 atom stereocenters. The van der Waals surface area contributed by atoms with E-state index in [-0.39, 0.29) is 0 Å². The summed E-state index contributed by atoms with van der Waals surface area (Å²) in [4.78, 5) is 7.24. The largest absolute Gasteiger partial charge is 0.496 e. The lowest BCUT2D eigenvalue weighted by molar-refractivity contribution is 0.410. The van der Waals surface area contributed by atoms with Crippen LogP contribution in [0.25, 0.3) is 0 Å². The first-order valence-electron chi connectivity index (χ1n) is 6.96. The summed E-state index contributed by atoms with van der Waals surface area (Å²) in [7, 11) is 1.68. The minimum Gasteiger partial charge on any atom is -0.496 e. The van der Waals surface area contributed by atoms with Gasteiger partial charge in [0.25, 0.3) is 0 Å². The standard InChI is InChI=1S/C16H17N3OS2/c1-11-7-8-13(22-11)10-21-16-17-15(18-19-16)9-12-5-3-4-6-14(12)20-2/h3-8H,9-10H2,1-2H3,(H,17,18,19). The van der Waals surface area contributed by atoms with Crippen molar-refractivity contribution >= 4 is 23.1 Å². The highest BCUT2D eigenvalue weighted by Gasteiger charge is 2.09. The van der Waals surface area contributed by atoms with Crippen molar-refractivity contribution in [2.45, 2.75) is 24.3 Å². The van der Waals surface area contributed by atoms with Gasteiger partial charge in [-0.3, -0.25) is 5.10 Å². The molecule has 114 valence electrons. The third kappa shape index (κ3) is 3.69. The molecule has 0 aliphatic carbocycles. The summed E-state index contributed by atoms with van der Waals surface area (Å²) in [6, 6.07) is 12.3. The van der Waals surface area contributed by atoms with Gasteiger partial charge in [0.05, 0.1) is 7.11 Å². The van der Waals surface area contributed by atoms with E-state index in [0.29, 0.717) is 6.42 Å². The van der Waals surface area contributed by atoms with E-state index in [1.165, 1.54) is 9.75 Å². The van der Waals surface area contributed by atoms with E-state index >= 15 is 0 Å². The number of methoxy groups -OCH3 is 1. The highest BCUT2D eigenvalue weighted by molar-refractivity contribution is 7.98. The Morgan fingerprint density at radius 3 is 2.86 bits per heavy atom. The summed E-state index contributed by atoms with van der Waals surface area (Å²) in [6.07, 6.45) is 0.666. The molecule has 0 spiro atoms. The van der Waals surface area contributed by atoms with Gasteiger partial charge in [0.2, 0.25) is 0 Å². The number of aromatic nitrogens is 3. The lowest BCUT2D eigenvalue weighted by Crippen LogP contribution is -1.95. The average molecular weight is 331 g/mol. The van der Waals surface area contributed by atoms with Crippen molar-refractivity contribution in [3.05, 3.63) is 57.5 Å². The number of thiophene rings is 1. The number of ether oxygens (including phenoxy) is 1. The lowest BCUT2D eigenvalue weighted by atomic mass is 10.1. The van der Waals surface area contributed by atoms with Crippen molar-refractivity contribution in [1.29, 1.82) is 0 Å².